The number of nitrogens with one attached hydrogen (secondary N) is 1. The predicted molar refractivity (Wildman–Crippen MR) is 74.5 cm³/mol. The highest BCUT2D eigenvalue weighted by Crippen LogP contribution is 2.36. The van der Waals surface area contributed by atoms with Crippen molar-refractivity contribution in [3.8, 4) is 0 Å². The Morgan fingerprint density at radius 1 is 1.28 bits per heavy atom. The fraction of sp³-hybridized carbons (Fsp3) is 0.933. The Labute approximate surface area is 112 Å². The van der Waals surface area contributed by atoms with Gasteiger partial charge in [-0.05, 0) is 51.5 Å². The maximum atomic E-state index is 11.8. The first kappa shape index (κ1) is 15.5. The topological polar surface area (TPSA) is 38.3 Å². The zero-order chi connectivity index (χ0) is 13.4. The maximum absolute atomic E-state index is 11.8. The minimum absolute atomic E-state index is 0.00787. The van der Waals surface area contributed by atoms with Crippen LogP contribution in [0, 0.1) is 5.92 Å². The SMILES string of the molecule is CCCNC1(CC(=O)OCC)CCC(CC)CC1. The van der Waals surface area contributed by atoms with E-state index < -0.39 is 0 Å². The molecule has 0 aliphatic heterocycles. The highest BCUT2D eigenvalue weighted by Gasteiger charge is 2.36. The molecule has 106 valence electrons. The number of rotatable bonds is 7. The van der Waals surface area contributed by atoms with E-state index in [4.69, 9.17) is 4.74 Å². The molecular weight excluding hydrogens is 226 g/mol. The molecule has 0 aromatic heterocycles. The smallest absolute Gasteiger partial charge is 0.307 e. The van der Waals surface area contributed by atoms with Crippen LogP contribution in [0.4, 0.5) is 0 Å². The van der Waals surface area contributed by atoms with Crippen molar-refractivity contribution in [2.24, 2.45) is 5.92 Å². The van der Waals surface area contributed by atoms with Crippen LogP contribution >= 0.6 is 0 Å². The van der Waals surface area contributed by atoms with Crippen LogP contribution in [-0.4, -0.2) is 24.7 Å². The monoisotopic (exact) mass is 255 g/mol. The van der Waals surface area contributed by atoms with Gasteiger partial charge in [-0.25, -0.2) is 0 Å². The molecule has 0 saturated heterocycles. The van der Waals surface area contributed by atoms with E-state index in [2.05, 4.69) is 19.2 Å². The quantitative estimate of drug-likeness (QED) is 0.709. The molecule has 0 aromatic rings. The van der Waals surface area contributed by atoms with Crippen molar-refractivity contribution in [2.75, 3.05) is 13.2 Å². The summed E-state index contributed by atoms with van der Waals surface area (Å²) in [5.74, 6) is 0.805. The highest BCUT2D eigenvalue weighted by molar-refractivity contribution is 5.71. The molecule has 0 amide bonds. The average molecular weight is 255 g/mol. The van der Waals surface area contributed by atoms with E-state index in [9.17, 15) is 4.79 Å². The molecule has 0 unspecified atom stereocenters. The van der Waals surface area contributed by atoms with Gasteiger partial charge in [-0.1, -0.05) is 20.3 Å². The molecule has 18 heavy (non-hydrogen) atoms. The summed E-state index contributed by atoms with van der Waals surface area (Å²) in [5, 5.41) is 3.62. The molecule has 1 aliphatic rings. The van der Waals surface area contributed by atoms with Crippen molar-refractivity contribution in [2.45, 2.75) is 71.3 Å². The van der Waals surface area contributed by atoms with Crippen LogP contribution in [0.1, 0.15) is 65.7 Å². The van der Waals surface area contributed by atoms with Gasteiger partial charge in [-0.15, -0.1) is 0 Å². The normalized spacial score (nSPS) is 28.1. The molecule has 3 nitrogen and oxygen atoms in total. The molecule has 1 N–H and O–H groups in total. The van der Waals surface area contributed by atoms with Crippen LogP contribution in [0.2, 0.25) is 0 Å². The summed E-state index contributed by atoms with van der Waals surface area (Å²) < 4.78 is 5.12. The summed E-state index contributed by atoms with van der Waals surface area (Å²) in [6.45, 7) is 7.79. The van der Waals surface area contributed by atoms with Crippen molar-refractivity contribution >= 4 is 5.97 Å². The van der Waals surface area contributed by atoms with Crippen LogP contribution in [0.3, 0.4) is 0 Å². The maximum Gasteiger partial charge on any atom is 0.307 e. The first-order valence-electron chi connectivity index (χ1n) is 7.56. The van der Waals surface area contributed by atoms with Gasteiger partial charge in [0, 0.05) is 5.54 Å². The third-order valence-electron chi connectivity index (χ3n) is 4.18. The largest absolute Gasteiger partial charge is 0.466 e. The Bertz CT molecular complexity index is 245. The molecule has 3 heteroatoms. The van der Waals surface area contributed by atoms with Gasteiger partial charge in [-0.3, -0.25) is 4.79 Å². The second-order valence-corrected chi connectivity index (χ2v) is 5.54. The minimum Gasteiger partial charge on any atom is -0.466 e. The zero-order valence-electron chi connectivity index (χ0n) is 12.3. The van der Waals surface area contributed by atoms with Gasteiger partial charge in [0.1, 0.15) is 0 Å². The van der Waals surface area contributed by atoms with Gasteiger partial charge < -0.3 is 10.1 Å². The Morgan fingerprint density at radius 3 is 2.44 bits per heavy atom. The van der Waals surface area contributed by atoms with Crippen LogP contribution in [0.5, 0.6) is 0 Å². The second-order valence-electron chi connectivity index (χ2n) is 5.54. The number of carbonyl (C=O) groups is 1. The summed E-state index contributed by atoms with van der Waals surface area (Å²) in [6, 6.07) is 0. The van der Waals surface area contributed by atoms with Gasteiger partial charge in [0.2, 0.25) is 0 Å². The van der Waals surface area contributed by atoms with Crippen molar-refractivity contribution in [1.82, 2.24) is 5.32 Å². The van der Waals surface area contributed by atoms with Crippen molar-refractivity contribution in [3.05, 3.63) is 0 Å². The fourth-order valence-electron chi connectivity index (χ4n) is 2.93. The van der Waals surface area contributed by atoms with Crippen LogP contribution in [-0.2, 0) is 9.53 Å². The summed E-state index contributed by atoms with van der Waals surface area (Å²) in [4.78, 5) is 11.8. The number of carbonyl (C=O) groups excluding carboxylic acids is 1. The molecule has 0 atom stereocenters. The third-order valence-corrected chi connectivity index (χ3v) is 4.18. The second kappa shape index (κ2) is 7.78. The lowest BCUT2D eigenvalue weighted by atomic mass is 9.74. The molecule has 1 saturated carbocycles. The molecule has 0 heterocycles. The van der Waals surface area contributed by atoms with Crippen molar-refractivity contribution < 1.29 is 9.53 Å². The molecule has 0 radical (unpaired) electrons. The lowest BCUT2D eigenvalue weighted by Gasteiger charge is -2.40. The molecule has 0 aromatic carbocycles. The summed E-state index contributed by atoms with van der Waals surface area (Å²) in [5.41, 5.74) is 0.00787. The first-order chi connectivity index (χ1) is 8.65. The van der Waals surface area contributed by atoms with E-state index in [-0.39, 0.29) is 11.5 Å². The molecule has 1 rings (SSSR count). The van der Waals surface area contributed by atoms with Gasteiger partial charge in [0.25, 0.3) is 0 Å². The van der Waals surface area contributed by atoms with Crippen LogP contribution in [0.25, 0.3) is 0 Å². The lowest BCUT2D eigenvalue weighted by Crippen LogP contribution is -2.50. The van der Waals surface area contributed by atoms with Crippen LogP contribution < -0.4 is 5.32 Å². The van der Waals surface area contributed by atoms with Crippen LogP contribution in [0.15, 0.2) is 0 Å². The van der Waals surface area contributed by atoms with E-state index in [0.717, 1.165) is 31.7 Å². The predicted octanol–water partition coefficient (Wildman–Crippen LogP) is 3.28. The number of ether oxygens (including phenoxy) is 1. The highest BCUT2D eigenvalue weighted by atomic mass is 16.5. The fourth-order valence-corrected chi connectivity index (χ4v) is 2.93. The van der Waals surface area contributed by atoms with Gasteiger partial charge in [-0.2, -0.15) is 0 Å². The summed E-state index contributed by atoms with van der Waals surface area (Å²) in [6.07, 6.45) is 7.64. The number of hydrogen-bond acceptors (Lipinski definition) is 3. The third kappa shape index (κ3) is 4.60. The molecule has 0 bridgehead atoms. The van der Waals surface area contributed by atoms with E-state index in [1.54, 1.807) is 0 Å². The molecule has 0 spiro atoms. The Hall–Kier alpha value is -0.570. The van der Waals surface area contributed by atoms with Crippen molar-refractivity contribution in [3.63, 3.8) is 0 Å². The number of esters is 1. The zero-order valence-corrected chi connectivity index (χ0v) is 12.3. The molecular formula is C15H29NO2. The van der Waals surface area contributed by atoms with Gasteiger partial charge in [0.15, 0.2) is 0 Å². The lowest BCUT2D eigenvalue weighted by molar-refractivity contribution is -0.145. The van der Waals surface area contributed by atoms with E-state index in [1.165, 1.54) is 19.3 Å². The summed E-state index contributed by atoms with van der Waals surface area (Å²) >= 11 is 0. The van der Waals surface area contributed by atoms with E-state index in [0.29, 0.717) is 13.0 Å². The standard InChI is InChI=1S/C15H29NO2/c1-4-11-16-15(12-14(17)18-6-3)9-7-13(5-2)8-10-15/h13,16H,4-12H2,1-3H3. The molecule has 1 fully saturated rings. The van der Waals surface area contributed by atoms with Gasteiger partial charge >= 0.3 is 5.97 Å². The van der Waals surface area contributed by atoms with Gasteiger partial charge in [0.05, 0.1) is 13.0 Å². The Morgan fingerprint density at radius 2 is 1.94 bits per heavy atom. The average Bonchev–Trinajstić information content (AvgIpc) is 2.38. The Balaban J connectivity index is 2.56. The molecule has 1 aliphatic carbocycles. The first-order valence-corrected chi connectivity index (χ1v) is 7.56. The summed E-state index contributed by atoms with van der Waals surface area (Å²) in [7, 11) is 0. The minimum atomic E-state index is -0.0453. The van der Waals surface area contributed by atoms with Crippen molar-refractivity contribution in [1.29, 1.82) is 0 Å². The Kier molecular flexibility index (Phi) is 6.69. The van der Waals surface area contributed by atoms with E-state index in [1.807, 2.05) is 6.92 Å². The number of hydrogen-bond donors (Lipinski definition) is 1. The van der Waals surface area contributed by atoms with E-state index >= 15 is 0 Å².